The van der Waals surface area contributed by atoms with Gasteiger partial charge in [-0.25, -0.2) is 0 Å². The van der Waals surface area contributed by atoms with Gasteiger partial charge in [-0.2, -0.15) is 13.2 Å². The minimum Gasteiger partial charge on any atom is -0.489 e. The molecule has 0 aliphatic rings. The Morgan fingerprint density at radius 2 is 2.00 bits per heavy atom. The summed E-state index contributed by atoms with van der Waals surface area (Å²) in [6.45, 7) is 3.46. The van der Waals surface area contributed by atoms with E-state index in [0.29, 0.717) is 0 Å². The summed E-state index contributed by atoms with van der Waals surface area (Å²) in [4.78, 5) is 11.9. The van der Waals surface area contributed by atoms with Crippen LogP contribution >= 0.6 is 0 Å². The predicted molar refractivity (Wildman–Crippen MR) is 73.9 cm³/mol. The van der Waals surface area contributed by atoms with Crippen molar-refractivity contribution in [2.75, 3.05) is 5.32 Å². The number of hydrogen-bond acceptors (Lipinski definition) is 3. The highest BCUT2D eigenvalue weighted by atomic mass is 19.4. The quantitative estimate of drug-likeness (QED) is 0.913. The van der Waals surface area contributed by atoms with Crippen LogP contribution in [-0.2, 0) is 6.18 Å². The molecule has 2 aromatic rings. The van der Waals surface area contributed by atoms with Gasteiger partial charge in [0.05, 0.1) is 23.6 Å². The molecule has 7 heteroatoms. The van der Waals surface area contributed by atoms with Crippen molar-refractivity contribution in [1.82, 2.24) is 0 Å². The Morgan fingerprint density at radius 3 is 2.55 bits per heavy atom. The maximum atomic E-state index is 12.8. The van der Waals surface area contributed by atoms with Crippen molar-refractivity contribution in [3.05, 3.63) is 47.9 Å². The van der Waals surface area contributed by atoms with Crippen molar-refractivity contribution in [2.24, 2.45) is 0 Å². The van der Waals surface area contributed by atoms with E-state index in [2.05, 4.69) is 5.32 Å². The minimum absolute atomic E-state index is 0.00657. The normalized spacial score (nSPS) is 11.5. The number of amides is 1. The highest BCUT2D eigenvalue weighted by Crippen LogP contribution is 2.35. The Bertz CT molecular complexity index is 649. The lowest BCUT2D eigenvalue weighted by molar-refractivity contribution is -0.137. The van der Waals surface area contributed by atoms with Gasteiger partial charge in [-0.1, -0.05) is 0 Å². The number of hydrogen-bond donors (Lipinski definition) is 1. The van der Waals surface area contributed by atoms with Crippen LogP contribution in [0.1, 0.15) is 30.0 Å². The lowest BCUT2D eigenvalue weighted by Crippen LogP contribution is -2.15. The lowest BCUT2D eigenvalue weighted by Gasteiger charge is -2.16. The maximum absolute atomic E-state index is 12.8. The number of carbonyl (C=O) groups excluding carboxylic acids is 1. The third-order valence-corrected chi connectivity index (χ3v) is 2.66. The number of nitrogens with one attached hydrogen (secondary N) is 1. The van der Waals surface area contributed by atoms with Crippen LogP contribution in [0.15, 0.2) is 41.0 Å². The third kappa shape index (κ3) is 3.81. The molecule has 1 amide bonds. The van der Waals surface area contributed by atoms with Crippen LogP contribution < -0.4 is 10.1 Å². The molecule has 1 aromatic carbocycles. The average molecular weight is 313 g/mol. The first-order valence-electron chi connectivity index (χ1n) is 6.50. The van der Waals surface area contributed by atoms with Crippen LogP contribution in [0, 0.1) is 0 Å². The number of halogens is 3. The number of furan rings is 1. The second kappa shape index (κ2) is 6.13. The van der Waals surface area contributed by atoms with Gasteiger partial charge in [0.25, 0.3) is 5.91 Å². The van der Waals surface area contributed by atoms with E-state index >= 15 is 0 Å². The molecular formula is C15H14F3NO3. The van der Waals surface area contributed by atoms with Crippen molar-refractivity contribution < 1.29 is 27.1 Å². The topological polar surface area (TPSA) is 51.5 Å². The number of rotatable bonds is 4. The second-order valence-electron chi connectivity index (χ2n) is 4.81. The van der Waals surface area contributed by atoms with Crippen LogP contribution in [0.4, 0.5) is 18.9 Å². The number of anilines is 1. The van der Waals surface area contributed by atoms with E-state index in [1.165, 1.54) is 24.5 Å². The summed E-state index contributed by atoms with van der Waals surface area (Å²) in [7, 11) is 0. The van der Waals surface area contributed by atoms with Crippen LogP contribution in [-0.4, -0.2) is 12.0 Å². The first-order chi connectivity index (χ1) is 10.3. The molecule has 4 nitrogen and oxygen atoms in total. The van der Waals surface area contributed by atoms with Crippen LogP contribution in [0.2, 0.25) is 0 Å². The molecule has 0 saturated carbocycles. The number of carbonyl (C=O) groups is 1. The van der Waals surface area contributed by atoms with Gasteiger partial charge < -0.3 is 14.5 Å². The monoisotopic (exact) mass is 313 g/mol. The summed E-state index contributed by atoms with van der Waals surface area (Å²) in [5.41, 5.74) is -0.941. The standard InChI is InChI=1S/C15H14F3NO3/c1-9(2)22-12-6-5-10(15(16,17)18)8-11(12)19-14(20)13-4-3-7-21-13/h3-9H,1-2H3,(H,19,20). The van der Waals surface area contributed by atoms with Crippen LogP contribution in [0.25, 0.3) is 0 Å². The molecule has 0 bridgehead atoms. The van der Waals surface area contributed by atoms with Crippen molar-refractivity contribution in [3.8, 4) is 5.75 Å². The first-order valence-corrected chi connectivity index (χ1v) is 6.50. The van der Waals surface area contributed by atoms with E-state index in [4.69, 9.17) is 9.15 Å². The molecule has 1 aromatic heterocycles. The van der Waals surface area contributed by atoms with E-state index < -0.39 is 17.6 Å². The molecule has 1 heterocycles. The van der Waals surface area contributed by atoms with Gasteiger partial charge in [0.2, 0.25) is 0 Å². The first kappa shape index (κ1) is 15.9. The van der Waals surface area contributed by atoms with Crippen molar-refractivity contribution in [3.63, 3.8) is 0 Å². The molecule has 0 fully saturated rings. The molecule has 1 N–H and O–H groups in total. The number of alkyl halides is 3. The largest absolute Gasteiger partial charge is 0.489 e. The summed E-state index contributed by atoms with van der Waals surface area (Å²) in [5.74, 6) is -0.506. The summed E-state index contributed by atoms with van der Waals surface area (Å²) in [6, 6.07) is 5.83. The fourth-order valence-corrected chi connectivity index (χ4v) is 1.75. The molecule has 0 aliphatic heterocycles. The fourth-order valence-electron chi connectivity index (χ4n) is 1.75. The van der Waals surface area contributed by atoms with E-state index in [1.54, 1.807) is 13.8 Å². The molecule has 0 aliphatic carbocycles. The molecule has 0 atom stereocenters. The Hall–Kier alpha value is -2.44. The van der Waals surface area contributed by atoms with Crippen molar-refractivity contribution in [1.29, 1.82) is 0 Å². The summed E-state index contributed by atoms with van der Waals surface area (Å²) < 4.78 is 48.7. The van der Waals surface area contributed by atoms with Gasteiger partial charge in [0.1, 0.15) is 5.75 Å². The smallest absolute Gasteiger partial charge is 0.416 e. The summed E-state index contributed by atoms with van der Waals surface area (Å²) in [6.07, 6.45) is -3.47. The van der Waals surface area contributed by atoms with E-state index in [1.807, 2.05) is 0 Å². The fraction of sp³-hybridized carbons (Fsp3) is 0.267. The third-order valence-electron chi connectivity index (χ3n) is 2.66. The summed E-state index contributed by atoms with van der Waals surface area (Å²) >= 11 is 0. The van der Waals surface area contributed by atoms with Crippen LogP contribution in [0.3, 0.4) is 0 Å². The SMILES string of the molecule is CC(C)Oc1ccc(C(F)(F)F)cc1NC(=O)c1ccco1. The number of benzene rings is 1. The summed E-state index contributed by atoms with van der Waals surface area (Å²) in [5, 5.41) is 2.37. The number of ether oxygens (including phenoxy) is 1. The second-order valence-corrected chi connectivity index (χ2v) is 4.81. The van der Waals surface area contributed by atoms with Gasteiger partial charge in [0.15, 0.2) is 5.76 Å². The van der Waals surface area contributed by atoms with Gasteiger partial charge in [-0.3, -0.25) is 4.79 Å². The van der Waals surface area contributed by atoms with Gasteiger partial charge in [-0.05, 0) is 44.2 Å². The zero-order valence-electron chi connectivity index (χ0n) is 11.9. The Morgan fingerprint density at radius 1 is 1.27 bits per heavy atom. The van der Waals surface area contributed by atoms with Gasteiger partial charge in [0, 0.05) is 0 Å². The van der Waals surface area contributed by atoms with E-state index in [-0.39, 0.29) is 23.3 Å². The maximum Gasteiger partial charge on any atom is 0.416 e. The highest BCUT2D eigenvalue weighted by Gasteiger charge is 2.31. The lowest BCUT2D eigenvalue weighted by atomic mass is 10.1. The van der Waals surface area contributed by atoms with E-state index in [9.17, 15) is 18.0 Å². The van der Waals surface area contributed by atoms with Crippen molar-refractivity contribution in [2.45, 2.75) is 26.1 Å². The predicted octanol–water partition coefficient (Wildman–Crippen LogP) is 4.34. The Labute approximate surface area is 124 Å². The molecule has 0 unspecified atom stereocenters. The Kier molecular flexibility index (Phi) is 4.44. The highest BCUT2D eigenvalue weighted by molar-refractivity contribution is 6.03. The zero-order valence-corrected chi connectivity index (χ0v) is 11.9. The zero-order chi connectivity index (χ0) is 16.3. The molecule has 22 heavy (non-hydrogen) atoms. The molecule has 0 spiro atoms. The molecule has 0 radical (unpaired) electrons. The average Bonchev–Trinajstić information content (AvgIpc) is 2.92. The Balaban J connectivity index is 2.34. The van der Waals surface area contributed by atoms with Crippen molar-refractivity contribution >= 4 is 11.6 Å². The molecule has 2 rings (SSSR count). The van der Waals surface area contributed by atoms with E-state index in [0.717, 1.165) is 12.1 Å². The van der Waals surface area contributed by atoms with Gasteiger partial charge in [-0.15, -0.1) is 0 Å². The minimum atomic E-state index is -4.51. The van der Waals surface area contributed by atoms with Crippen LogP contribution in [0.5, 0.6) is 5.75 Å². The molecular weight excluding hydrogens is 299 g/mol. The molecule has 0 saturated heterocycles. The molecule has 118 valence electrons. The van der Waals surface area contributed by atoms with Gasteiger partial charge >= 0.3 is 6.18 Å².